The Morgan fingerprint density at radius 1 is 0.688 bits per heavy atom. The van der Waals surface area contributed by atoms with Gasteiger partial charge in [0.15, 0.2) is 0 Å². The minimum absolute atomic E-state index is 0.0665. The number of primary amides is 1. The van der Waals surface area contributed by atoms with E-state index in [0.29, 0.717) is 12.8 Å². The molecule has 0 saturated heterocycles. The number of rotatable bonds is 21. The van der Waals surface area contributed by atoms with E-state index in [4.69, 9.17) is 24.7 Å². The molecule has 4 N–H and O–H groups in total. The average Bonchev–Trinajstić information content (AvgIpc) is 2.79. The number of amides is 3. The number of nitrogens with one attached hydrogen (secondary N) is 2. The van der Waals surface area contributed by atoms with Crippen LogP contribution in [0.4, 0.5) is 0 Å². The van der Waals surface area contributed by atoms with Gasteiger partial charge in [0, 0.05) is 46.2 Å². The van der Waals surface area contributed by atoms with Gasteiger partial charge in [-0.2, -0.15) is 0 Å². The van der Waals surface area contributed by atoms with Crippen LogP contribution in [0.3, 0.4) is 0 Å². The van der Waals surface area contributed by atoms with Crippen LogP contribution in [0.1, 0.15) is 39.0 Å². The Bertz CT molecular complexity index is 511. The molecule has 0 spiro atoms. The third-order valence-electron chi connectivity index (χ3n) is 4.55. The summed E-state index contributed by atoms with van der Waals surface area (Å²) in [6.45, 7) is 3.16. The number of nitrogens with two attached hydrogens (primary N) is 1. The van der Waals surface area contributed by atoms with Crippen molar-refractivity contribution in [2.24, 2.45) is 11.1 Å². The predicted octanol–water partition coefficient (Wildman–Crippen LogP) is -0.444. The Balaban J connectivity index is 5.04. The van der Waals surface area contributed by atoms with E-state index in [0.717, 1.165) is 0 Å². The Kier molecular flexibility index (Phi) is 17.3. The maximum Gasteiger partial charge on any atom is 0.222 e. The van der Waals surface area contributed by atoms with Crippen molar-refractivity contribution < 1.29 is 38.1 Å². The third kappa shape index (κ3) is 15.7. The van der Waals surface area contributed by atoms with Crippen molar-refractivity contribution in [2.75, 3.05) is 67.0 Å². The molecule has 11 heteroatoms. The SMILES string of the molecule is CCC(=O)CCOCC(COCCC(N)=O)(COCCC(=O)NC)COCCC(=O)NC. The van der Waals surface area contributed by atoms with Crippen molar-refractivity contribution in [3.05, 3.63) is 0 Å². The van der Waals surface area contributed by atoms with E-state index in [-0.39, 0.29) is 89.7 Å². The summed E-state index contributed by atoms with van der Waals surface area (Å²) in [5.41, 5.74) is 4.40. The van der Waals surface area contributed by atoms with Gasteiger partial charge in [-0.3, -0.25) is 19.2 Å². The number of ether oxygens (including phenoxy) is 4. The molecule has 3 amide bonds. The molecule has 0 aromatic heterocycles. The first-order valence-electron chi connectivity index (χ1n) is 10.8. The van der Waals surface area contributed by atoms with Crippen LogP contribution in [0.25, 0.3) is 0 Å². The van der Waals surface area contributed by atoms with Gasteiger partial charge in [-0.1, -0.05) is 6.92 Å². The van der Waals surface area contributed by atoms with Gasteiger partial charge < -0.3 is 35.3 Å². The number of ketones is 1. The van der Waals surface area contributed by atoms with E-state index in [1.54, 1.807) is 21.0 Å². The average molecular weight is 462 g/mol. The van der Waals surface area contributed by atoms with Gasteiger partial charge in [0.1, 0.15) is 5.78 Å². The predicted molar refractivity (Wildman–Crippen MR) is 117 cm³/mol. The summed E-state index contributed by atoms with van der Waals surface area (Å²) in [6, 6.07) is 0. The highest BCUT2D eigenvalue weighted by atomic mass is 16.5. The van der Waals surface area contributed by atoms with Gasteiger partial charge in [0.25, 0.3) is 0 Å². The molecule has 0 aromatic rings. The van der Waals surface area contributed by atoms with Crippen molar-refractivity contribution in [2.45, 2.75) is 39.0 Å². The third-order valence-corrected chi connectivity index (χ3v) is 4.55. The number of carbonyl (C=O) groups excluding carboxylic acids is 4. The van der Waals surface area contributed by atoms with E-state index in [1.807, 2.05) is 0 Å². The lowest BCUT2D eigenvalue weighted by molar-refractivity contribution is -0.127. The van der Waals surface area contributed by atoms with E-state index in [2.05, 4.69) is 10.6 Å². The van der Waals surface area contributed by atoms with Crippen LogP contribution in [-0.2, 0) is 38.1 Å². The Hall–Kier alpha value is -2.08. The van der Waals surface area contributed by atoms with Crippen LogP contribution < -0.4 is 16.4 Å². The molecule has 0 rings (SSSR count). The van der Waals surface area contributed by atoms with Gasteiger partial charge in [-0.25, -0.2) is 0 Å². The summed E-state index contributed by atoms with van der Waals surface area (Å²) < 4.78 is 22.8. The molecule has 0 bridgehead atoms. The van der Waals surface area contributed by atoms with Gasteiger partial charge in [0.05, 0.1) is 58.3 Å². The standard InChI is InChI=1S/C21H39N3O8/c1-4-17(25)5-9-29-13-21(14-30-10-6-18(22)26,15-31-11-7-19(27)23-2)16-32-12-8-20(28)24-3/h4-16H2,1-3H3,(H2,22,26)(H,23,27)(H,24,28). The molecule has 0 aliphatic rings. The summed E-state index contributed by atoms with van der Waals surface area (Å²) in [4.78, 5) is 45.4. The zero-order chi connectivity index (χ0) is 24.2. The maximum absolute atomic E-state index is 11.5. The second-order valence-electron chi connectivity index (χ2n) is 7.42. The zero-order valence-electron chi connectivity index (χ0n) is 19.5. The maximum atomic E-state index is 11.5. The molecule has 0 heterocycles. The molecule has 0 atom stereocenters. The van der Waals surface area contributed by atoms with E-state index in [9.17, 15) is 19.2 Å². The molecular formula is C21H39N3O8. The highest BCUT2D eigenvalue weighted by molar-refractivity contribution is 5.78. The van der Waals surface area contributed by atoms with Crippen LogP contribution in [-0.4, -0.2) is 90.5 Å². The van der Waals surface area contributed by atoms with Crippen LogP contribution in [0.15, 0.2) is 0 Å². The molecule has 0 saturated carbocycles. The van der Waals surface area contributed by atoms with Crippen molar-refractivity contribution in [1.82, 2.24) is 10.6 Å². The summed E-state index contributed by atoms with van der Waals surface area (Å²) in [5.74, 6) is -0.681. The smallest absolute Gasteiger partial charge is 0.222 e. The fraction of sp³-hybridized carbons (Fsp3) is 0.810. The van der Waals surface area contributed by atoms with E-state index >= 15 is 0 Å². The van der Waals surface area contributed by atoms with Gasteiger partial charge >= 0.3 is 0 Å². The summed E-state index contributed by atoms with van der Waals surface area (Å²) >= 11 is 0. The van der Waals surface area contributed by atoms with E-state index < -0.39 is 11.3 Å². The van der Waals surface area contributed by atoms with Crippen molar-refractivity contribution in [3.63, 3.8) is 0 Å². The lowest BCUT2D eigenvalue weighted by Gasteiger charge is -2.33. The molecule has 0 aromatic carbocycles. The van der Waals surface area contributed by atoms with Crippen LogP contribution in [0.2, 0.25) is 0 Å². The van der Waals surface area contributed by atoms with E-state index in [1.165, 1.54) is 0 Å². The van der Waals surface area contributed by atoms with Crippen LogP contribution in [0.5, 0.6) is 0 Å². The number of carbonyl (C=O) groups is 4. The highest BCUT2D eigenvalue weighted by Crippen LogP contribution is 2.21. The first-order chi connectivity index (χ1) is 15.3. The topological polar surface area (TPSA) is 155 Å². The van der Waals surface area contributed by atoms with Crippen molar-refractivity contribution in [3.8, 4) is 0 Å². The van der Waals surface area contributed by atoms with Crippen LogP contribution >= 0.6 is 0 Å². The Labute approximate surface area is 190 Å². The molecule has 0 aliphatic carbocycles. The minimum Gasteiger partial charge on any atom is -0.380 e. The molecule has 0 aliphatic heterocycles. The van der Waals surface area contributed by atoms with Gasteiger partial charge in [-0.05, 0) is 0 Å². The molecule has 186 valence electrons. The highest BCUT2D eigenvalue weighted by Gasteiger charge is 2.33. The largest absolute Gasteiger partial charge is 0.380 e. The fourth-order valence-corrected chi connectivity index (χ4v) is 2.52. The molecule has 11 nitrogen and oxygen atoms in total. The molecule has 0 radical (unpaired) electrons. The number of Topliss-reactive ketones (excluding diaryl/α,β-unsaturated/α-hetero) is 1. The molecular weight excluding hydrogens is 422 g/mol. The van der Waals surface area contributed by atoms with Crippen LogP contribution in [0, 0.1) is 5.41 Å². The zero-order valence-corrected chi connectivity index (χ0v) is 19.5. The summed E-state index contributed by atoms with van der Waals surface area (Å²) in [7, 11) is 3.09. The Morgan fingerprint density at radius 2 is 1.06 bits per heavy atom. The fourth-order valence-electron chi connectivity index (χ4n) is 2.52. The monoisotopic (exact) mass is 461 g/mol. The quantitative estimate of drug-likeness (QED) is 0.194. The first kappa shape index (κ1) is 29.9. The lowest BCUT2D eigenvalue weighted by Crippen LogP contribution is -2.42. The molecule has 0 fully saturated rings. The Morgan fingerprint density at radius 3 is 1.41 bits per heavy atom. The molecule has 32 heavy (non-hydrogen) atoms. The van der Waals surface area contributed by atoms with Gasteiger partial charge in [0.2, 0.25) is 17.7 Å². The first-order valence-corrected chi connectivity index (χ1v) is 10.8. The minimum atomic E-state index is -0.766. The summed E-state index contributed by atoms with van der Waals surface area (Å²) in [6.07, 6.45) is 1.19. The number of hydrogen-bond donors (Lipinski definition) is 3. The lowest BCUT2D eigenvalue weighted by atomic mass is 9.92. The second-order valence-corrected chi connectivity index (χ2v) is 7.42. The van der Waals surface area contributed by atoms with Crippen molar-refractivity contribution in [1.29, 1.82) is 0 Å². The molecule has 0 unspecified atom stereocenters. The summed E-state index contributed by atoms with van der Waals surface area (Å²) in [5, 5.41) is 5.05. The van der Waals surface area contributed by atoms with Gasteiger partial charge in [-0.15, -0.1) is 0 Å². The second kappa shape index (κ2) is 18.5. The normalized spacial score (nSPS) is 11.2. The number of hydrogen-bond acceptors (Lipinski definition) is 8. The van der Waals surface area contributed by atoms with Crippen molar-refractivity contribution >= 4 is 23.5 Å².